The monoisotopic (exact) mass is 300 g/mol. The third-order valence-corrected chi connectivity index (χ3v) is 3.52. The van der Waals surface area contributed by atoms with E-state index in [1.54, 1.807) is 6.07 Å². The first kappa shape index (κ1) is 15.6. The third kappa shape index (κ3) is 4.94. The molecule has 1 aromatic carbocycles. The normalized spacial score (nSPS) is 17.9. The van der Waals surface area contributed by atoms with Gasteiger partial charge in [0.15, 0.2) is 0 Å². The van der Waals surface area contributed by atoms with Gasteiger partial charge in [0, 0.05) is 13.2 Å². The lowest BCUT2D eigenvalue weighted by Gasteiger charge is -2.23. The van der Waals surface area contributed by atoms with Gasteiger partial charge in [-0.1, -0.05) is 17.7 Å². The van der Waals surface area contributed by atoms with Crippen molar-refractivity contribution in [3.63, 3.8) is 0 Å². The lowest BCUT2D eigenvalue weighted by molar-refractivity contribution is -0.0659. The fourth-order valence-corrected chi connectivity index (χ4v) is 2.22. The van der Waals surface area contributed by atoms with Crippen LogP contribution in [0.3, 0.4) is 0 Å². The van der Waals surface area contributed by atoms with E-state index < -0.39 is 6.10 Å². The summed E-state index contributed by atoms with van der Waals surface area (Å²) < 4.78 is 16.4. The van der Waals surface area contributed by atoms with Gasteiger partial charge in [-0.2, -0.15) is 0 Å². The summed E-state index contributed by atoms with van der Waals surface area (Å²) in [5.41, 5.74) is 1.07. The molecule has 1 aliphatic heterocycles. The number of ether oxygens (including phenoxy) is 3. The maximum absolute atomic E-state index is 9.88. The number of hydrogen-bond acceptors (Lipinski definition) is 4. The van der Waals surface area contributed by atoms with Crippen molar-refractivity contribution in [2.45, 2.75) is 32.0 Å². The number of halogens is 1. The second-order valence-corrected chi connectivity index (χ2v) is 5.45. The summed E-state index contributed by atoms with van der Waals surface area (Å²) in [5.74, 6) is 0.594. The fraction of sp³-hybridized carbons (Fsp3) is 0.600. The van der Waals surface area contributed by atoms with Crippen LogP contribution in [-0.4, -0.2) is 43.7 Å². The van der Waals surface area contributed by atoms with E-state index in [-0.39, 0.29) is 19.3 Å². The highest BCUT2D eigenvalue weighted by Gasteiger charge is 2.16. The molecule has 1 fully saturated rings. The second kappa shape index (κ2) is 7.84. The SMILES string of the molecule is Cc1ccc(Cl)c(OCC(O)COC2CCOCC2)c1. The van der Waals surface area contributed by atoms with Gasteiger partial charge in [-0.15, -0.1) is 0 Å². The molecule has 0 aliphatic carbocycles. The Morgan fingerprint density at radius 1 is 1.35 bits per heavy atom. The summed E-state index contributed by atoms with van der Waals surface area (Å²) >= 11 is 6.03. The first-order valence-corrected chi connectivity index (χ1v) is 7.29. The predicted molar refractivity (Wildman–Crippen MR) is 77.5 cm³/mol. The molecular weight excluding hydrogens is 280 g/mol. The van der Waals surface area contributed by atoms with E-state index in [1.165, 1.54) is 0 Å². The molecule has 0 amide bonds. The minimum atomic E-state index is -0.658. The minimum Gasteiger partial charge on any atom is -0.489 e. The maximum atomic E-state index is 9.88. The average Bonchev–Trinajstić information content (AvgIpc) is 2.47. The third-order valence-electron chi connectivity index (χ3n) is 3.21. The molecule has 5 heteroatoms. The van der Waals surface area contributed by atoms with Crippen LogP contribution in [0.4, 0.5) is 0 Å². The molecule has 1 saturated heterocycles. The molecule has 1 atom stereocenters. The molecule has 0 radical (unpaired) electrons. The van der Waals surface area contributed by atoms with E-state index in [2.05, 4.69) is 0 Å². The summed E-state index contributed by atoms with van der Waals surface area (Å²) in [6, 6.07) is 5.56. The zero-order chi connectivity index (χ0) is 14.4. The van der Waals surface area contributed by atoms with Crippen molar-refractivity contribution in [1.29, 1.82) is 0 Å². The Hall–Kier alpha value is -0.810. The summed E-state index contributed by atoms with van der Waals surface area (Å²) in [5, 5.41) is 10.4. The smallest absolute Gasteiger partial charge is 0.138 e. The molecule has 4 nitrogen and oxygen atoms in total. The molecule has 20 heavy (non-hydrogen) atoms. The van der Waals surface area contributed by atoms with Gasteiger partial charge < -0.3 is 19.3 Å². The molecule has 1 unspecified atom stereocenters. The van der Waals surface area contributed by atoms with Crippen molar-refractivity contribution in [3.8, 4) is 5.75 Å². The van der Waals surface area contributed by atoms with Crippen LogP contribution in [-0.2, 0) is 9.47 Å². The number of aryl methyl sites for hydroxylation is 1. The van der Waals surface area contributed by atoms with Gasteiger partial charge in [-0.05, 0) is 37.5 Å². The van der Waals surface area contributed by atoms with Gasteiger partial charge in [-0.25, -0.2) is 0 Å². The number of benzene rings is 1. The highest BCUT2D eigenvalue weighted by Crippen LogP contribution is 2.25. The molecule has 1 N–H and O–H groups in total. The highest BCUT2D eigenvalue weighted by molar-refractivity contribution is 6.32. The second-order valence-electron chi connectivity index (χ2n) is 5.04. The summed E-state index contributed by atoms with van der Waals surface area (Å²) in [6.45, 7) is 3.88. The largest absolute Gasteiger partial charge is 0.489 e. The molecule has 1 heterocycles. The first-order valence-electron chi connectivity index (χ1n) is 6.91. The van der Waals surface area contributed by atoms with Crippen molar-refractivity contribution in [1.82, 2.24) is 0 Å². The highest BCUT2D eigenvalue weighted by atomic mass is 35.5. The standard InChI is InChI=1S/C15H21ClO4/c1-11-2-3-14(16)15(8-11)20-10-12(17)9-19-13-4-6-18-7-5-13/h2-3,8,12-13,17H,4-7,9-10H2,1H3. The Labute approximate surface area is 124 Å². The lowest BCUT2D eigenvalue weighted by atomic mass is 10.1. The van der Waals surface area contributed by atoms with Gasteiger partial charge in [0.05, 0.1) is 17.7 Å². The van der Waals surface area contributed by atoms with Crippen LogP contribution in [0.2, 0.25) is 5.02 Å². The Bertz CT molecular complexity index is 418. The van der Waals surface area contributed by atoms with E-state index >= 15 is 0 Å². The van der Waals surface area contributed by atoms with Crippen LogP contribution in [0.5, 0.6) is 5.75 Å². The van der Waals surface area contributed by atoms with Gasteiger partial charge in [-0.3, -0.25) is 0 Å². The molecule has 112 valence electrons. The number of aliphatic hydroxyl groups is 1. The molecule has 0 saturated carbocycles. The van der Waals surface area contributed by atoms with Crippen molar-refractivity contribution < 1.29 is 19.3 Å². The van der Waals surface area contributed by atoms with Crippen molar-refractivity contribution in [3.05, 3.63) is 28.8 Å². The molecular formula is C15H21ClO4. The van der Waals surface area contributed by atoms with Gasteiger partial charge in [0.25, 0.3) is 0 Å². The number of rotatable bonds is 6. The van der Waals surface area contributed by atoms with Crippen molar-refractivity contribution in [2.24, 2.45) is 0 Å². The molecule has 1 aromatic rings. The van der Waals surface area contributed by atoms with Gasteiger partial charge >= 0.3 is 0 Å². The molecule has 2 rings (SSSR count). The van der Waals surface area contributed by atoms with Crippen LogP contribution in [0.1, 0.15) is 18.4 Å². The summed E-state index contributed by atoms with van der Waals surface area (Å²) in [6.07, 6.45) is 1.30. The molecule has 0 aromatic heterocycles. The lowest BCUT2D eigenvalue weighted by Crippen LogP contribution is -2.30. The average molecular weight is 301 g/mol. The number of hydrogen-bond donors (Lipinski definition) is 1. The first-order chi connectivity index (χ1) is 9.65. The Balaban J connectivity index is 1.71. The van der Waals surface area contributed by atoms with Crippen LogP contribution in [0.15, 0.2) is 18.2 Å². The summed E-state index contributed by atoms with van der Waals surface area (Å²) in [4.78, 5) is 0. The fourth-order valence-electron chi connectivity index (χ4n) is 2.05. The van der Waals surface area contributed by atoms with Crippen LogP contribution in [0.25, 0.3) is 0 Å². The summed E-state index contributed by atoms with van der Waals surface area (Å²) in [7, 11) is 0. The minimum absolute atomic E-state index is 0.173. The Morgan fingerprint density at radius 3 is 2.85 bits per heavy atom. The Kier molecular flexibility index (Phi) is 6.10. The number of aliphatic hydroxyl groups excluding tert-OH is 1. The van der Waals surface area contributed by atoms with E-state index in [0.29, 0.717) is 10.8 Å². The predicted octanol–water partition coefficient (Wildman–Crippen LogP) is 2.58. The van der Waals surface area contributed by atoms with Crippen molar-refractivity contribution >= 4 is 11.6 Å². The van der Waals surface area contributed by atoms with E-state index in [9.17, 15) is 5.11 Å². The molecule has 1 aliphatic rings. The van der Waals surface area contributed by atoms with E-state index in [1.807, 2.05) is 19.1 Å². The van der Waals surface area contributed by atoms with E-state index in [0.717, 1.165) is 31.6 Å². The van der Waals surface area contributed by atoms with Gasteiger partial charge in [0.2, 0.25) is 0 Å². The zero-order valence-corrected chi connectivity index (χ0v) is 12.4. The quantitative estimate of drug-likeness (QED) is 0.877. The van der Waals surface area contributed by atoms with Crippen molar-refractivity contribution in [2.75, 3.05) is 26.4 Å². The molecule has 0 spiro atoms. The maximum Gasteiger partial charge on any atom is 0.138 e. The topological polar surface area (TPSA) is 47.9 Å². The van der Waals surface area contributed by atoms with Crippen LogP contribution in [0, 0.1) is 6.92 Å². The van der Waals surface area contributed by atoms with Crippen LogP contribution < -0.4 is 4.74 Å². The Morgan fingerprint density at radius 2 is 2.10 bits per heavy atom. The molecule has 0 bridgehead atoms. The van der Waals surface area contributed by atoms with Gasteiger partial charge in [0.1, 0.15) is 18.5 Å². The van der Waals surface area contributed by atoms with Crippen LogP contribution >= 0.6 is 11.6 Å². The van der Waals surface area contributed by atoms with E-state index in [4.69, 9.17) is 25.8 Å². The zero-order valence-electron chi connectivity index (χ0n) is 11.7.